The Kier molecular flexibility index (Phi) is 4.00. The Bertz CT molecular complexity index is 468. The minimum absolute atomic E-state index is 0.0412. The molecule has 2 heterocycles. The lowest BCUT2D eigenvalue weighted by atomic mass is 10.3. The number of rotatable bonds is 4. The molecule has 1 unspecified atom stereocenters. The minimum atomic E-state index is -0.0412. The van der Waals surface area contributed by atoms with Crippen molar-refractivity contribution in [2.75, 3.05) is 0 Å². The Balaban J connectivity index is 2.11. The molecule has 2 aromatic heterocycles. The Labute approximate surface area is 112 Å². The van der Waals surface area contributed by atoms with E-state index in [2.05, 4.69) is 26.2 Å². The Morgan fingerprint density at radius 3 is 3.06 bits per heavy atom. The van der Waals surface area contributed by atoms with Crippen LogP contribution in [0, 0.1) is 0 Å². The maximum absolute atomic E-state index is 6.09. The summed E-state index contributed by atoms with van der Waals surface area (Å²) < 4.78 is 2.93. The van der Waals surface area contributed by atoms with Gasteiger partial charge in [0, 0.05) is 9.35 Å². The van der Waals surface area contributed by atoms with Gasteiger partial charge in [-0.1, -0.05) is 12.1 Å². The average Bonchev–Trinajstić information content (AvgIpc) is 2.89. The Morgan fingerprint density at radius 2 is 2.44 bits per heavy atom. The zero-order valence-corrected chi connectivity index (χ0v) is 11.9. The maximum atomic E-state index is 6.09. The van der Waals surface area contributed by atoms with E-state index in [0.717, 1.165) is 23.1 Å². The number of hydrogen-bond donors (Lipinski definition) is 0. The van der Waals surface area contributed by atoms with E-state index in [1.54, 1.807) is 11.3 Å². The summed E-state index contributed by atoms with van der Waals surface area (Å²) in [7, 11) is 0. The summed E-state index contributed by atoms with van der Waals surface area (Å²) >= 11 is 11.3. The van der Waals surface area contributed by atoms with Gasteiger partial charge in [-0.2, -0.15) is 0 Å². The molecule has 0 radical (unpaired) electrons. The van der Waals surface area contributed by atoms with Gasteiger partial charge in [0.2, 0.25) is 0 Å². The van der Waals surface area contributed by atoms with E-state index in [1.807, 2.05) is 29.2 Å². The highest BCUT2D eigenvalue weighted by Crippen LogP contribution is 2.24. The van der Waals surface area contributed by atoms with Gasteiger partial charge in [0.15, 0.2) is 0 Å². The van der Waals surface area contributed by atoms with Crippen molar-refractivity contribution in [2.45, 2.75) is 25.3 Å². The van der Waals surface area contributed by atoms with Crippen LogP contribution in [0.2, 0.25) is 0 Å². The van der Waals surface area contributed by atoms with E-state index in [0.29, 0.717) is 0 Å². The van der Waals surface area contributed by atoms with Crippen LogP contribution < -0.4 is 0 Å². The van der Waals surface area contributed by atoms with Gasteiger partial charge >= 0.3 is 0 Å². The highest BCUT2D eigenvalue weighted by atomic mass is 79.9. The molecular weight excluding hydrogens is 310 g/mol. The molecule has 0 bridgehead atoms. The number of aromatic nitrogens is 3. The molecule has 2 rings (SSSR count). The average molecular weight is 321 g/mol. The number of hydrogen-bond acceptors (Lipinski definition) is 3. The second-order valence-corrected chi connectivity index (χ2v) is 5.79. The third-order valence-electron chi connectivity index (χ3n) is 2.23. The second kappa shape index (κ2) is 5.29. The molecule has 1 atom stereocenters. The lowest BCUT2D eigenvalue weighted by Crippen LogP contribution is -1.98. The van der Waals surface area contributed by atoms with Crippen LogP contribution in [0.3, 0.4) is 0 Å². The largest absolute Gasteiger partial charge is 0.247 e. The van der Waals surface area contributed by atoms with Gasteiger partial charge in [0.05, 0.1) is 18.1 Å². The lowest BCUT2D eigenvalue weighted by molar-refractivity contribution is 0.654. The molecule has 0 spiro atoms. The molecule has 0 aliphatic rings. The molecule has 0 aromatic carbocycles. The van der Waals surface area contributed by atoms with E-state index in [4.69, 9.17) is 11.6 Å². The van der Waals surface area contributed by atoms with Gasteiger partial charge in [-0.3, -0.25) is 0 Å². The van der Waals surface area contributed by atoms with Crippen molar-refractivity contribution in [1.29, 1.82) is 0 Å². The molecule has 0 saturated heterocycles. The second-order valence-electron chi connectivity index (χ2n) is 3.41. The van der Waals surface area contributed by atoms with E-state index >= 15 is 0 Å². The molecule has 6 heteroatoms. The summed E-state index contributed by atoms with van der Waals surface area (Å²) in [6, 6.07) is 2.04. The first-order valence-electron chi connectivity index (χ1n) is 4.96. The van der Waals surface area contributed by atoms with Crippen molar-refractivity contribution in [3.05, 3.63) is 32.7 Å². The van der Waals surface area contributed by atoms with Crippen LogP contribution in [-0.4, -0.2) is 15.0 Å². The molecule has 0 N–H and O–H groups in total. The highest BCUT2D eigenvalue weighted by Gasteiger charge is 2.11. The predicted octanol–water partition coefficient (Wildman–Crippen LogP) is 3.84. The summed E-state index contributed by atoms with van der Waals surface area (Å²) in [5.74, 6) is 0. The molecule has 3 nitrogen and oxygen atoms in total. The minimum Gasteiger partial charge on any atom is -0.247 e. The third kappa shape index (κ3) is 2.64. The molecule has 0 saturated carbocycles. The van der Waals surface area contributed by atoms with Gasteiger partial charge in [0.1, 0.15) is 5.69 Å². The van der Waals surface area contributed by atoms with Crippen LogP contribution in [0.1, 0.15) is 29.3 Å². The smallest absolute Gasteiger partial charge is 0.101 e. The fraction of sp³-hybridized carbons (Fsp3) is 0.400. The fourth-order valence-electron chi connectivity index (χ4n) is 1.33. The van der Waals surface area contributed by atoms with E-state index in [-0.39, 0.29) is 5.38 Å². The lowest BCUT2D eigenvalue weighted by Gasteiger charge is -1.99. The molecule has 16 heavy (non-hydrogen) atoms. The van der Waals surface area contributed by atoms with Crippen molar-refractivity contribution in [2.24, 2.45) is 0 Å². The molecule has 0 amide bonds. The molecule has 0 aliphatic heterocycles. The number of nitrogens with zero attached hydrogens (tertiary/aromatic N) is 3. The summed E-state index contributed by atoms with van der Waals surface area (Å²) in [5.41, 5.74) is 0.844. The quantitative estimate of drug-likeness (QED) is 0.801. The van der Waals surface area contributed by atoms with Gasteiger partial charge in [0.25, 0.3) is 0 Å². The standard InChI is InChI=1S/C10H11BrClN3S/c1-2-8(12)9-5-15(14-13-9)6-10-7(11)3-4-16-10/h3-5,8H,2,6H2,1H3. The summed E-state index contributed by atoms with van der Waals surface area (Å²) in [5, 5.41) is 10.1. The van der Waals surface area contributed by atoms with Crippen LogP contribution in [0.25, 0.3) is 0 Å². The molecular formula is C10H11BrClN3S. The van der Waals surface area contributed by atoms with Crippen LogP contribution in [-0.2, 0) is 6.54 Å². The van der Waals surface area contributed by atoms with Crippen molar-refractivity contribution < 1.29 is 0 Å². The van der Waals surface area contributed by atoms with Crippen LogP contribution >= 0.6 is 38.9 Å². The predicted molar refractivity (Wildman–Crippen MR) is 70.0 cm³/mol. The Hall–Kier alpha value is -0.390. The normalized spacial score (nSPS) is 12.9. The van der Waals surface area contributed by atoms with E-state index in [9.17, 15) is 0 Å². The molecule has 0 fully saturated rings. The fourth-order valence-corrected chi connectivity index (χ4v) is 2.90. The topological polar surface area (TPSA) is 30.7 Å². The summed E-state index contributed by atoms with van der Waals surface area (Å²) in [4.78, 5) is 1.24. The van der Waals surface area contributed by atoms with Crippen molar-refractivity contribution in [3.8, 4) is 0 Å². The first kappa shape index (κ1) is 12.1. The van der Waals surface area contributed by atoms with E-state index in [1.165, 1.54) is 4.88 Å². The molecule has 2 aromatic rings. The number of halogens is 2. The van der Waals surface area contributed by atoms with Gasteiger partial charge in [-0.05, 0) is 33.8 Å². The first-order valence-corrected chi connectivity index (χ1v) is 7.07. The third-order valence-corrected chi connectivity index (χ3v) is 4.68. The van der Waals surface area contributed by atoms with Gasteiger partial charge < -0.3 is 0 Å². The van der Waals surface area contributed by atoms with Gasteiger partial charge in [-0.25, -0.2) is 4.68 Å². The summed E-state index contributed by atoms with van der Waals surface area (Å²) in [6.45, 7) is 2.77. The molecule has 86 valence electrons. The highest BCUT2D eigenvalue weighted by molar-refractivity contribution is 9.10. The van der Waals surface area contributed by atoms with Crippen molar-refractivity contribution >= 4 is 38.9 Å². The monoisotopic (exact) mass is 319 g/mol. The summed E-state index contributed by atoms with van der Waals surface area (Å²) in [6.07, 6.45) is 2.77. The van der Waals surface area contributed by atoms with Gasteiger partial charge in [-0.15, -0.1) is 28.0 Å². The maximum Gasteiger partial charge on any atom is 0.101 e. The van der Waals surface area contributed by atoms with Crippen molar-refractivity contribution in [3.63, 3.8) is 0 Å². The molecule has 0 aliphatic carbocycles. The number of thiophene rings is 1. The zero-order chi connectivity index (χ0) is 11.5. The van der Waals surface area contributed by atoms with Crippen LogP contribution in [0.15, 0.2) is 22.1 Å². The first-order chi connectivity index (χ1) is 7.70. The van der Waals surface area contributed by atoms with E-state index < -0.39 is 0 Å². The van der Waals surface area contributed by atoms with Crippen LogP contribution in [0.4, 0.5) is 0 Å². The zero-order valence-electron chi connectivity index (χ0n) is 8.73. The van der Waals surface area contributed by atoms with Crippen molar-refractivity contribution in [1.82, 2.24) is 15.0 Å². The van der Waals surface area contributed by atoms with Crippen LogP contribution in [0.5, 0.6) is 0 Å². The SMILES string of the molecule is CCC(Cl)c1cn(Cc2sccc2Br)nn1. The number of alkyl halides is 1. The Morgan fingerprint density at radius 1 is 1.62 bits per heavy atom.